The van der Waals surface area contributed by atoms with E-state index < -0.39 is 0 Å². The lowest BCUT2D eigenvalue weighted by molar-refractivity contribution is -0.254. The van der Waals surface area contributed by atoms with Gasteiger partial charge in [-0.05, 0) is 13.5 Å². The van der Waals surface area contributed by atoms with Crippen molar-refractivity contribution >= 4 is 6.29 Å². The van der Waals surface area contributed by atoms with Crippen molar-refractivity contribution in [2.75, 3.05) is 6.61 Å². The summed E-state index contributed by atoms with van der Waals surface area (Å²) in [6.45, 7) is 5.35. The minimum Gasteiger partial charge on any atom is -0.335 e. The molecule has 0 heterocycles. The molecule has 0 bridgehead atoms. The number of rotatable bonds is 4. The SMILES string of the molecule is C=C(C=O)OOCC. The number of hydrogen-bond donors (Lipinski definition) is 0. The zero-order valence-corrected chi connectivity index (χ0v) is 4.72. The largest absolute Gasteiger partial charge is 0.335 e. The summed E-state index contributed by atoms with van der Waals surface area (Å²) < 4.78 is 0. The summed E-state index contributed by atoms with van der Waals surface area (Å²) in [5.41, 5.74) is 0. The van der Waals surface area contributed by atoms with E-state index in [1.54, 1.807) is 6.92 Å². The first-order valence-corrected chi connectivity index (χ1v) is 2.24. The molecular formula is C5H8O3. The third kappa shape index (κ3) is 3.36. The van der Waals surface area contributed by atoms with Gasteiger partial charge >= 0.3 is 0 Å². The van der Waals surface area contributed by atoms with Crippen LogP contribution in [0, 0.1) is 0 Å². The van der Waals surface area contributed by atoms with Crippen LogP contribution in [-0.4, -0.2) is 12.9 Å². The van der Waals surface area contributed by atoms with E-state index >= 15 is 0 Å². The van der Waals surface area contributed by atoms with Crippen LogP contribution in [0.1, 0.15) is 6.92 Å². The Balaban J connectivity index is 3.11. The smallest absolute Gasteiger partial charge is 0.197 e. The van der Waals surface area contributed by atoms with Crippen LogP contribution in [0.5, 0.6) is 0 Å². The molecular weight excluding hydrogens is 108 g/mol. The molecule has 0 spiro atoms. The average molecular weight is 116 g/mol. The normalized spacial score (nSPS) is 8.12. The van der Waals surface area contributed by atoms with E-state index in [-0.39, 0.29) is 5.76 Å². The van der Waals surface area contributed by atoms with E-state index in [0.717, 1.165) is 0 Å². The van der Waals surface area contributed by atoms with Crippen molar-refractivity contribution in [3.05, 3.63) is 12.3 Å². The highest BCUT2D eigenvalue weighted by molar-refractivity contribution is 5.68. The molecule has 0 aliphatic heterocycles. The zero-order valence-electron chi connectivity index (χ0n) is 4.72. The van der Waals surface area contributed by atoms with E-state index in [9.17, 15) is 4.79 Å². The fourth-order valence-electron chi connectivity index (χ4n) is 0.154. The van der Waals surface area contributed by atoms with Gasteiger partial charge in [0.25, 0.3) is 0 Å². The first kappa shape index (κ1) is 7.17. The van der Waals surface area contributed by atoms with Crippen molar-refractivity contribution in [3.63, 3.8) is 0 Å². The van der Waals surface area contributed by atoms with E-state index in [2.05, 4.69) is 16.4 Å². The molecule has 3 nitrogen and oxygen atoms in total. The van der Waals surface area contributed by atoms with Gasteiger partial charge in [-0.2, -0.15) is 4.89 Å². The Morgan fingerprint density at radius 1 is 1.88 bits per heavy atom. The summed E-state index contributed by atoms with van der Waals surface area (Å²) in [5.74, 6) is -0.00755. The fraction of sp³-hybridized carbons (Fsp3) is 0.400. The summed E-state index contributed by atoms with van der Waals surface area (Å²) >= 11 is 0. The molecule has 0 saturated heterocycles. The Labute approximate surface area is 47.8 Å². The highest BCUT2D eigenvalue weighted by Gasteiger charge is 1.87. The van der Waals surface area contributed by atoms with Gasteiger partial charge < -0.3 is 4.89 Å². The maximum Gasteiger partial charge on any atom is 0.197 e. The Kier molecular flexibility index (Phi) is 3.88. The fourth-order valence-corrected chi connectivity index (χ4v) is 0.154. The van der Waals surface area contributed by atoms with Gasteiger partial charge in [0, 0.05) is 0 Å². The van der Waals surface area contributed by atoms with E-state index in [1.807, 2.05) is 0 Å². The van der Waals surface area contributed by atoms with Crippen LogP contribution < -0.4 is 0 Å². The average Bonchev–Trinajstić information content (AvgIpc) is 1.83. The Morgan fingerprint density at radius 3 is 2.88 bits per heavy atom. The molecule has 0 aromatic carbocycles. The predicted octanol–water partition coefficient (Wildman–Crippen LogP) is 0.667. The van der Waals surface area contributed by atoms with E-state index in [0.29, 0.717) is 12.9 Å². The Bertz CT molecular complexity index is 87.7. The van der Waals surface area contributed by atoms with Gasteiger partial charge in [-0.15, -0.1) is 0 Å². The molecule has 0 aromatic heterocycles. The standard InChI is InChI=1S/C5H8O3/c1-3-7-8-5(2)4-6/h4H,2-3H2,1H3. The number of aldehydes is 1. The number of carbonyl (C=O) groups excluding carboxylic acids is 1. The molecule has 0 aliphatic rings. The van der Waals surface area contributed by atoms with Crippen LogP contribution in [0.15, 0.2) is 12.3 Å². The van der Waals surface area contributed by atoms with Crippen molar-refractivity contribution in [2.45, 2.75) is 6.92 Å². The van der Waals surface area contributed by atoms with Crippen molar-refractivity contribution in [3.8, 4) is 0 Å². The van der Waals surface area contributed by atoms with Crippen LogP contribution in [0.25, 0.3) is 0 Å². The molecule has 0 aliphatic carbocycles. The minimum atomic E-state index is -0.00755. The second kappa shape index (κ2) is 4.33. The predicted molar refractivity (Wildman–Crippen MR) is 27.9 cm³/mol. The maximum absolute atomic E-state index is 9.71. The molecule has 46 valence electrons. The molecule has 0 saturated carbocycles. The van der Waals surface area contributed by atoms with Crippen molar-refractivity contribution in [1.82, 2.24) is 0 Å². The lowest BCUT2D eigenvalue weighted by atomic mass is 10.7. The van der Waals surface area contributed by atoms with Crippen molar-refractivity contribution in [2.24, 2.45) is 0 Å². The second-order valence-corrected chi connectivity index (χ2v) is 1.07. The summed E-state index contributed by atoms with van der Waals surface area (Å²) in [7, 11) is 0. The van der Waals surface area contributed by atoms with E-state index in [4.69, 9.17) is 0 Å². The Morgan fingerprint density at radius 2 is 2.50 bits per heavy atom. The molecule has 3 heteroatoms. The molecule has 8 heavy (non-hydrogen) atoms. The minimum absolute atomic E-state index is 0.00755. The molecule has 0 N–H and O–H groups in total. The van der Waals surface area contributed by atoms with Gasteiger partial charge in [-0.1, -0.05) is 0 Å². The molecule has 0 atom stereocenters. The first-order valence-electron chi connectivity index (χ1n) is 2.24. The molecule has 0 unspecified atom stereocenters. The van der Waals surface area contributed by atoms with Crippen molar-refractivity contribution < 1.29 is 14.6 Å². The quantitative estimate of drug-likeness (QED) is 0.178. The Hall–Kier alpha value is -0.830. The highest BCUT2D eigenvalue weighted by Crippen LogP contribution is 1.86. The first-order chi connectivity index (χ1) is 3.81. The van der Waals surface area contributed by atoms with Crippen LogP contribution in [0.2, 0.25) is 0 Å². The molecule has 0 radical (unpaired) electrons. The number of carbonyl (C=O) groups is 1. The summed E-state index contributed by atoms with van der Waals surface area (Å²) in [6.07, 6.45) is 0.482. The molecule has 0 fully saturated rings. The van der Waals surface area contributed by atoms with Gasteiger partial charge in [0.15, 0.2) is 12.0 Å². The summed E-state index contributed by atoms with van der Waals surface area (Å²) in [6, 6.07) is 0. The third-order valence-electron chi connectivity index (χ3n) is 0.415. The lowest BCUT2D eigenvalue weighted by Gasteiger charge is -1.96. The van der Waals surface area contributed by atoms with Crippen LogP contribution in [0.4, 0.5) is 0 Å². The summed E-state index contributed by atoms with van der Waals surface area (Å²) in [4.78, 5) is 18.3. The van der Waals surface area contributed by atoms with Gasteiger partial charge in [-0.25, -0.2) is 0 Å². The van der Waals surface area contributed by atoms with Crippen LogP contribution in [0.3, 0.4) is 0 Å². The van der Waals surface area contributed by atoms with Crippen LogP contribution in [-0.2, 0) is 14.6 Å². The molecule has 0 rings (SSSR count). The zero-order chi connectivity index (χ0) is 6.41. The highest BCUT2D eigenvalue weighted by atomic mass is 17.2. The maximum atomic E-state index is 9.71. The topological polar surface area (TPSA) is 35.5 Å². The number of allylic oxidation sites excluding steroid dienone is 1. The van der Waals surface area contributed by atoms with E-state index in [1.165, 1.54) is 0 Å². The van der Waals surface area contributed by atoms with Gasteiger partial charge in [-0.3, -0.25) is 4.79 Å². The second-order valence-electron chi connectivity index (χ2n) is 1.07. The molecule has 0 amide bonds. The van der Waals surface area contributed by atoms with Gasteiger partial charge in [0.2, 0.25) is 0 Å². The van der Waals surface area contributed by atoms with Crippen molar-refractivity contribution in [1.29, 1.82) is 0 Å². The molecule has 0 aromatic rings. The third-order valence-corrected chi connectivity index (χ3v) is 0.415. The number of hydrogen-bond acceptors (Lipinski definition) is 3. The van der Waals surface area contributed by atoms with Gasteiger partial charge in [0.05, 0.1) is 6.61 Å². The lowest BCUT2D eigenvalue weighted by Crippen LogP contribution is -1.92. The summed E-state index contributed by atoms with van der Waals surface area (Å²) in [5, 5.41) is 0. The van der Waals surface area contributed by atoms with Crippen LogP contribution >= 0.6 is 0 Å². The monoisotopic (exact) mass is 116 g/mol. The van der Waals surface area contributed by atoms with Gasteiger partial charge in [0.1, 0.15) is 0 Å².